The van der Waals surface area contributed by atoms with Crippen LogP contribution in [-0.2, 0) is 23.8 Å². The summed E-state index contributed by atoms with van der Waals surface area (Å²) in [6.45, 7) is 3.52. The van der Waals surface area contributed by atoms with Crippen LogP contribution in [0, 0.1) is 5.92 Å². The maximum absolute atomic E-state index is 12.0. The summed E-state index contributed by atoms with van der Waals surface area (Å²) in [7, 11) is 1.51. The Morgan fingerprint density at radius 2 is 2.10 bits per heavy atom. The molecule has 5 atom stereocenters. The summed E-state index contributed by atoms with van der Waals surface area (Å²) in [6, 6.07) is 0. The van der Waals surface area contributed by atoms with E-state index in [9.17, 15) is 14.7 Å². The van der Waals surface area contributed by atoms with Crippen LogP contribution in [0.5, 0.6) is 0 Å². The predicted molar refractivity (Wildman–Crippen MR) is 72.3 cm³/mol. The van der Waals surface area contributed by atoms with E-state index in [1.807, 2.05) is 13.8 Å². The van der Waals surface area contributed by atoms with Gasteiger partial charge in [0.2, 0.25) is 11.8 Å². The summed E-state index contributed by atoms with van der Waals surface area (Å²) < 4.78 is 17.0. The average Bonchev–Trinajstić information content (AvgIpc) is 2.75. The van der Waals surface area contributed by atoms with Gasteiger partial charge in [-0.2, -0.15) is 0 Å². The van der Waals surface area contributed by atoms with Crippen LogP contribution < -0.4 is 5.32 Å². The molecule has 2 amide bonds. The van der Waals surface area contributed by atoms with E-state index in [4.69, 9.17) is 14.2 Å². The molecule has 0 aromatic carbocycles. The van der Waals surface area contributed by atoms with Gasteiger partial charge in [0.1, 0.15) is 24.4 Å². The maximum atomic E-state index is 12.0. The third-order valence-electron chi connectivity index (χ3n) is 3.59. The molecule has 2 heterocycles. The zero-order chi connectivity index (χ0) is 15.6. The van der Waals surface area contributed by atoms with E-state index in [1.165, 1.54) is 19.3 Å². The number of carbonyl (C=O) groups excluding carboxylic acids is 2. The van der Waals surface area contributed by atoms with Gasteiger partial charge >= 0.3 is 0 Å². The first-order valence-corrected chi connectivity index (χ1v) is 6.95. The quantitative estimate of drug-likeness (QED) is 0.657. The number of methoxy groups -OCH3 is 1. The summed E-state index contributed by atoms with van der Waals surface area (Å²) in [6.07, 6.45) is 0.585. The number of hydrogen-bond acceptors (Lipinski definition) is 6. The summed E-state index contributed by atoms with van der Waals surface area (Å²) in [5, 5.41) is 11.7. The van der Waals surface area contributed by atoms with Crippen molar-refractivity contribution in [3.8, 4) is 0 Å². The van der Waals surface area contributed by atoms with Crippen molar-refractivity contribution >= 4 is 11.8 Å². The Morgan fingerprint density at radius 1 is 1.38 bits per heavy atom. The van der Waals surface area contributed by atoms with Gasteiger partial charge in [-0.25, -0.2) is 0 Å². The SMILES string of the molecule is COC1[C@H](C2C=CC(=O)NC2=O)O[C@H](CO)[C@@H]1OC(C)C. The van der Waals surface area contributed by atoms with Crippen LogP contribution in [0.25, 0.3) is 0 Å². The summed E-state index contributed by atoms with van der Waals surface area (Å²) in [4.78, 5) is 23.1. The fourth-order valence-electron chi connectivity index (χ4n) is 2.72. The minimum Gasteiger partial charge on any atom is -0.394 e. The molecule has 2 aliphatic rings. The lowest BCUT2D eigenvalue weighted by atomic mass is 9.93. The maximum Gasteiger partial charge on any atom is 0.250 e. The lowest BCUT2D eigenvalue weighted by Crippen LogP contribution is -2.47. The van der Waals surface area contributed by atoms with Crippen LogP contribution in [0.3, 0.4) is 0 Å². The second kappa shape index (κ2) is 6.65. The van der Waals surface area contributed by atoms with E-state index in [0.717, 1.165) is 0 Å². The number of rotatable bonds is 5. The van der Waals surface area contributed by atoms with Gasteiger partial charge in [-0.1, -0.05) is 6.08 Å². The number of hydrogen-bond donors (Lipinski definition) is 2. The van der Waals surface area contributed by atoms with Gasteiger partial charge in [0.05, 0.1) is 18.6 Å². The van der Waals surface area contributed by atoms with Crippen molar-refractivity contribution in [1.29, 1.82) is 0 Å². The summed E-state index contributed by atoms with van der Waals surface area (Å²) in [5.41, 5.74) is 0. The number of nitrogens with one attached hydrogen (secondary N) is 1. The van der Waals surface area contributed by atoms with Crippen molar-refractivity contribution in [3.05, 3.63) is 12.2 Å². The molecular weight excluding hydrogens is 278 g/mol. The van der Waals surface area contributed by atoms with Gasteiger partial charge in [0.25, 0.3) is 0 Å². The molecular formula is C14H21NO6. The second-order valence-electron chi connectivity index (χ2n) is 5.41. The fourth-order valence-corrected chi connectivity index (χ4v) is 2.72. The Hall–Kier alpha value is -1.28. The Balaban J connectivity index is 2.21. The summed E-state index contributed by atoms with van der Waals surface area (Å²) >= 11 is 0. The molecule has 2 rings (SSSR count). The van der Waals surface area contributed by atoms with E-state index < -0.39 is 42.1 Å². The van der Waals surface area contributed by atoms with Crippen LogP contribution in [-0.4, -0.2) is 61.2 Å². The first kappa shape index (κ1) is 16.1. The molecule has 0 spiro atoms. The third kappa shape index (κ3) is 3.32. The topological polar surface area (TPSA) is 94.1 Å². The van der Waals surface area contributed by atoms with Crippen LogP contribution in [0.15, 0.2) is 12.2 Å². The minimum atomic E-state index is -0.650. The average molecular weight is 299 g/mol. The Morgan fingerprint density at radius 3 is 2.62 bits per heavy atom. The van der Waals surface area contributed by atoms with Gasteiger partial charge in [0, 0.05) is 13.2 Å². The van der Waals surface area contributed by atoms with Gasteiger partial charge in [-0.15, -0.1) is 0 Å². The molecule has 1 fully saturated rings. The van der Waals surface area contributed by atoms with Crippen molar-refractivity contribution < 1.29 is 28.9 Å². The minimum absolute atomic E-state index is 0.0682. The van der Waals surface area contributed by atoms with Gasteiger partial charge in [0.15, 0.2) is 0 Å². The lowest BCUT2D eigenvalue weighted by molar-refractivity contribution is -0.136. The molecule has 7 nitrogen and oxygen atoms in total. The predicted octanol–water partition coefficient (Wildman–Crippen LogP) is -0.616. The van der Waals surface area contributed by atoms with Crippen molar-refractivity contribution in [2.75, 3.05) is 13.7 Å². The van der Waals surface area contributed by atoms with Gasteiger partial charge < -0.3 is 19.3 Å². The van der Waals surface area contributed by atoms with Crippen molar-refractivity contribution in [1.82, 2.24) is 5.32 Å². The molecule has 0 aromatic heterocycles. The first-order chi connectivity index (χ1) is 9.97. The van der Waals surface area contributed by atoms with E-state index in [1.54, 1.807) is 0 Å². The normalized spacial score (nSPS) is 36.3. The molecule has 2 aliphatic heterocycles. The Bertz CT molecular complexity index is 435. The smallest absolute Gasteiger partial charge is 0.250 e. The standard InChI is InChI=1S/C14H21NO6/c1-7(2)20-12-9(6-16)21-11(13(12)19-3)8-4-5-10(17)15-14(8)18/h4-5,7-9,11-13,16H,6H2,1-3H3,(H,15,17,18)/t8?,9-,11+,12+,13?/m1/s1. The highest BCUT2D eigenvalue weighted by Crippen LogP contribution is 2.32. The molecule has 0 bridgehead atoms. The van der Waals surface area contributed by atoms with Crippen LogP contribution >= 0.6 is 0 Å². The van der Waals surface area contributed by atoms with Crippen molar-refractivity contribution in [2.24, 2.45) is 5.92 Å². The zero-order valence-corrected chi connectivity index (χ0v) is 12.3. The molecule has 118 valence electrons. The fraction of sp³-hybridized carbons (Fsp3) is 0.714. The van der Waals surface area contributed by atoms with Crippen LogP contribution in [0.4, 0.5) is 0 Å². The number of carbonyl (C=O) groups is 2. The van der Waals surface area contributed by atoms with Gasteiger partial charge in [-0.3, -0.25) is 14.9 Å². The number of aliphatic hydroxyl groups is 1. The Kier molecular flexibility index (Phi) is 5.10. The number of imide groups is 1. The molecule has 2 unspecified atom stereocenters. The molecule has 2 N–H and O–H groups in total. The molecule has 0 aliphatic carbocycles. The van der Waals surface area contributed by atoms with Crippen molar-refractivity contribution in [3.63, 3.8) is 0 Å². The number of ether oxygens (including phenoxy) is 3. The highest BCUT2D eigenvalue weighted by molar-refractivity contribution is 6.05. The Labute approximate surface area is 123 Å². The van der Waals surface area contributed by atoms with Crippen LogP contribution in [0.2, 0.25) is 0 Å². The molecule has 21 heavy (non-hydrogen) atoms. The number of aliphatic hydroxyl groups excluding tert-OH is 1. The highest BCUT2D eigenvalue weighted by Gasteiger charge is 2.50. The molecule has 7 heteroatoms. The zero-order valence-electron chi connectivity index (χ0n) is 12.3. The van der Waals surface area contributed by atoms with Gasteiger partial charge in [-0.05, 0) is 13.8 Å². The largest absolute Gasteiger partial charge is 0.394 e. The molecule has 0 radical (unpaired) electrons. The monoisotopic (exact) mass is 299 g/mol. The van der Waals surface area contributed by atoms with E-state index in [0.29, 0.717) is 0 Å². The highest BCUT2D eigenvalue weighted by atomic mass is 16.6. The molecule has 0 saturated carbocycles. The van der Waals surface area contributed by atoms with E-state index in [2.05, 4.69) is 5.32 Å². The summed E-state index contributed by atoms with van der Waals surface area (Å²) in [5.74, 6) is -1.53. The lowest BCUT2D eigenvalue weighted by Gasteiger charge is -2.27. The van der Waals surface area contributed by atoms with Crippen LogP contribution in [0.1, 0.15) is 13.8 Å². The third-order valence-corrected chi connectivity index (χ3v) is 3.59. The first-order valence-electron chi connectivity index (χ1n) is 6.95. The number of amides is 2. The second-order valence-corrected chi connectivity index (χ2v) is 5.41. The molecule has 1 saturated heterocycles. The molecule has 0 aromatic rings. The van der Waals surface area contributed by atoms with Crippen molar-refractivity contribution in [2.45, 2.75) is 44.4 Å². The van der Waals surface area contributed by atoms with E-state index >= 15 is 0 Å². The van der Waals surface area contributed by atoms with E-state index in [-0.39, 0.29) is 12.7 Å².